The third-order valence-corrected chi connectivity index (χ3v) is 5.50. The molecule has 2 fully saturated rings. The molecule has 4 rings (SSSR count). The molecule has 0 spiro atoms. The van der Waals surface area contributed by atoms with Crippen molar-refractivity contribution < 1.29 is 36.6 Å². The normalized spacial score (nSPS) is 22.9. The standard InChI is InChI=1S/2C12H12F2O2/c2*1-2-16-12(15)9-6-8(9)7-3-4-10(13)11(14)5-7/h2*3-5,8-9H,2,6H2,1H3. The van der Waals surface area contributed by atoms with Gasteiger partial charge < -0.3 is 9.47 Å². The van der Waals surface area contributed by atoms with Gasteiger partial charge in [-0.15, -0.1) is 0 Å². The van der Waals surface area contributed by atoms with Crippen LogP contribution in [0.5, 0.6) is 0 Å². The van der Waals surface area contributed by atoms with E-state index in [2.05, 4.69) is 0 Å². The van der Waals surface area contributed by atoms with E-state index < -0.39 is 23.3 Å². The van der Waals surface area contributed by atoms with Gasteiger partial charge in [-0.1, -0.05) is 12.1 Å². The number of hydrogen-bond acceptors (Lipinski definition) is 4. The van der Waals surface area contributed by atoms with Gasteiger partial charge in [0.1, 0.15) is 0 Å². The predicted molar refractivity (Wildman–Crippen MR) is 108 cm³/mol. The van der Waals surface area contributed by atoms with Crippen LogP contribution in [0.3, 0.4) is 0 Å². The Hall–Kier alpha value is -2.90. The smallest absolute Gasteiger partial charge is 0.309 e. The van der Waals surface area contributed by atoms with E-state index >= 15 is 0 Å². The summed E-state index contributed by atoms with van der Waals surface area (Å²) < 4.78 is 61.0. The first-order chi connectivity index (χ1) is 15.3. The van der Waals surface area contributed by atoms with Crippen LogP contribution in [0.15, 0.2) is 36.4 Å². The topological polar surface area (TPSA) is 52.6 Å². The fraction of sp³-hybridized carbons (Fsp3) is 0.417. The predicted octanol–water partition coefficient (Wildman–Crippen LogP) is 5.26. The number of carbonyl (C=O) groups is 2. The van der Waals surface area contributed by atoms with E-state index in [-0.39, 0.29) is 35.6 Å². The largest absolute Gasteiger partial charge is 0.466 e. The van der Waals surface area contributed by atoms with E-state index in [1.165, 1.54) is 12.1 Å². The van der Waals surface area contributed by atoms with Crippen LogP contribution in [0.25, 0.3) is 0 Å². The molecule has 0 radical (unpaired) electrons. The van der Waals surface area contributed by atoms with Gasteiger partial charge in [-0.25, -0.2) is 17.6 Å². The summed E-state index contributed by atoms with van der Waals surface area (Å²) in [5, 5.41) is 0. The van der Waals surface area contributed by atoms with Crippen molar-refractivity contribution in [3.05, 3.63) is 70.8 Å². The van der Waals surface area contributed by atoms with Gasteiger partial charge in [-0.05, 0) is 73.9 Å². The molecule has 32 heavy (non-hydrogen) atoms. The number of esters is 2. The fourth-order valence-electron chi connectivity index (χ4n) is 3.63. The first-order valence-electron chi connectivity index (χ1n) is 10.5. The van der Waals surface area contributed by atoms with Crippen LogP contribution in [0.1, 0.15) is 49.7 Å². The minimum absolute atomic E-state index is 0.0193. The van der Waals surface area contributed by atoms with Crippen molar-refractivity contribution in [1.29, 1.82) is 0 Å². The fourth-order valence-corrected chi connectivity index (χ4v) is 3.63. The zero-order valence-corrected chi connectivity index (χ0v) is 17.7. The minimum Gasteiger partial charge on any atom is -0.466 e. The van der Waals surface area contributed by atoms with Crippen LogP contribution in [0, 0.1) is 35.1 Å². The Balaban J connectivity index is 0.000000181. The summed E-state index contributed by atoms with van der Waals surface area (Å²) in [6, 6.07) is 7.51. The Kier molecular flexibility index (Phi) is 7.53. The molecule has 2 saturated carbocycles. The molecule has 0 aromatic heterocycles. The molecule has 2 aliphatic rings. The maximum absolute atomic E-state index is 13.0. The molecule has 0 bridgehead atoms. The number of benzene rings is 2. The Morgan fingerprint density at radius 3 is 1.41 bits per heavy atom. The highest BCUT2D eigenvalue weighted by molar-refractivity contribution is 5.77. The van der Waals surface area contributed by atoms with Gasteiger partial charge in [0.25, 0.3) is 0 Å². The summed E-state index contributed by atoms with van der Waals surface area (Å²) >= 11 is 0. The molecule has 4 unspecified atom stereocenters. The molecule has 4 nitrogen and oxygen atoms in total. The molecule has 0 N–H and O–H groups in total. The molecule has 0 saturated heterocycles. The van der Waals surface area contributed by atoms with Crippen molar-refractivity contribution in [2.45, 2.75) is 38.5 Å². The average molecular weight is 452 g/mol. The number of carbonyl (C=O) groups excluding carboxylic acids is 2. The van der Waals surface area contributed by atoms with Crippen molar-refractivity contribution in [1.82, 2.24) is 0 Å². The van der Waals surface area contributed by atoms with Gasteiger partial charge in [0.2, 0.25) is 0 Å². The van der Waals surface area contributed by atoms with Crippen LogP contribution >= 0.6 is 0 Å². The van der Waals surface area contributed by atoms with Crippen molar-refractivity contribution in [2.75, 3.05) is 13.2 Å². The highest BCUT2D eigenvalue weighted by Gasteiger charge is 2.46. The lowest BCUT2D eigenvalue weighted by molar-refractivity contribution is -0.145. The molecule has 172 valence electrons. The summed E-state index contributed by atoms with van der Waals surface area (Å²) in [7, 11) is 0. The van der Waals surface area contributed by atoms with Gasteiger partial charge in [0.15, 0.2) is 23.3 Å². The van der Waals surface area contributed by atoms with Gasteiger partial charge in [-0.2, -0.15) is 0 Å². The van der Waals surface area contributed by atoms with E-state index in [1.807, 2.05) is 0 Å². The van der Waals surface area contributed by atoms with Crippen molar-refractivity contribution >= 4 is 11.9 Å². The van der Waals surface area contributed by atoms with Crippen LogP contribution < -0.4 is 0 Å². The Morgan fingerprint density at radius 2 is 1.09 bits per heavy atom. The lowest BCUT2D eigenvalue weighted by atomic mass is 10.1. The zero-order chi connectivity index (χ0) is 23.4. The Labute approximate surface area is 183 Å². The maximum atomic E-state index is 13.0. The summed E-state index contributed by atoms with van der Waals surface area (Å²) in [5.41, 5.74) is 1.33. The molecule has 0 aliphatic heterocycles. The van der Waals surface area contributed by atoms with Crippen molar-refractivity contribution in [2.24, 2.45) is 11.8 Å². The van der Waals surface area contributed by atoms with Gasteiger partial charge in [0, 0.05) is 0 Å². The van der Waals surface area contributed by atoms with E-state index in [1.54, 1.807) is 13.8 Å². The molecule has 4 atom stereocenters. The van der Waals surface area contributed by atoms with Crippen molar-refractivity contribution in [3.8, 4) is 0 Å². The summed E-state index contributed by atoms with van der Waals surface area (Å²) in [6.45, 7) is 4.18. The van der Waals surface area contributed by atoms with Gasteiger partial charge in [0.05, 0.1) is 25.0 Å². The summed E-state index contributed by atoms with van der Waals surface area (Å²) in [6.07, 6.45) is 1.31. The zero-order valence-electron chi connectivity index (χ0n) is 17.7. The van der Waals surface area contributed by atoms with E-state index in [9.17, 15) is 27.2 Å². The first-order valence-corrected chi connectivity index (χ1v) is 10.5. The summed E-state index contributed by atoms with van der Waals surface area (Å²) in [4.78, 5) is 22.7. The van der Waals surface area contributed by atoms with Crippen LogP contribution in [0.2, 0.25) is 0 Å². The molecule has 0 heterocycles. The van der Waals surface area contributed by atoms with Gasteiger partial charge >= 0.3 is 11.9 Å². The highest BCUT2D eigenvalue weighted by atomic mass is 19.2. The van der Waals surface area contributed by atoms with Crippen LogP contribution in [-0.4, -0.2) is 25.2 Å². The minimum atomic E-state index is -0.869. The Bertz CT molecular complexity index is 914. The third kappa shape index (κ3) is 5.66. The quantitative estimate of drug-likeness (QED) is 0.443. The second-order valence-corrected chi connectivity index (χ2v) is 7.75. The molecular formula is C24H24F4O4. The average Bonchev–Trinajstić information content (AvgIpc) is 3.66. The summed E-state index contributed by atoms with van der Waals surface area (Å²) in [5.74, 6) is -4.39. The monoisotopic (exact) mass is 452 g/mol. The third-order valence-electron chi connectivity index (χ3n) is 5.50. The number of rotatable bonds is 6. The SMILES string of the molecule is CCOC(=O)C1CC1c1ccc(F)c(F)c1.CCOC(=O)C1CC1c1ccc(F)c(F)c1. The number of halogens is 4. The van der Waals surface area contributed by atoms with Gasteiger partial charge in [-0.3, -0.25) is 9.59 Å². The maximum Gasteiger partial charge on any atom is 0.309 e. The van der Waals surface area contributed by atoms with E-state index in [0.29, 0.717) is 37.2 Å². The lowest BCUT2D eigenvalue weighted by Crippen LogP contribution is -2.07. The van der Waals surface area contributed by atoms with Crippen molar-refractivity contribution in [3.63, 3.8) is 0 Å². The highest BCUT2D eigenvalue weighted by Crippen LogP contribution is 2.49. The second kappa shape index (κ2) is 10.1. The van der Waals surface area contributed by atoms with E-state index in [0.717, 1.165) is 24.3 Å². The first kappa shape index (κ1) is 23.8. The molecule has 2 aromatic rings. The molecule has 8 heteroatoms. The molecule has 2 aromatic carbocycles. The lowest BCUT2D eigenvalue weighted by Gasteiger charge is -2.02. The molecule has 2 aliphatic carbocycles. The number of hydrogen-bond donors (Lipinski definition) is 0. The van der Waals surface area contributed by atoms with Crippen LogP contribution in [0.4, 0.5) is 17.6 Å². The van der Waals surface area contributed by atoms with Crippen LogP contribution in [-0.2, 0) is 19.1 Å². The molecule has 0 amide bonds. The Morgan fingerprint density at radius 1 is 0.719 bits per heavy atom. The molecular weight excluding hydrogens is 428 g/mol. The van der Waals surface area contributed by atoms with E-state index in [4.69, 9.17) is 9.47 Å². The number of ether oxygens (including phenoxy) is 2. The second-order valence-electron chi connectivity index (χ2n) is 7.75.